The number of allylic oxidation sites excluding steroid dienone is 1. The van der Waals surface area contributed by atoms with Crippen molar-refractivity contribution in [1.29, 1.82) is 0 Å². The molecule has 94 valence electrons. The summed E-state index contributed by atoms with van der Waals surface area (Å²) in [6.07, 6.45) is 4.51. The van der Waals surface area contributed by atoms with Crippen molar-refractivity contribution in [3.8, 4) is 0 Å². The molecule has 0 aliphatic carbocycles. The summed E-state index contributed by atoms with van der Waals surface area (Å²) in [5.74, 6) is -1.23. The zero-order valence-corrected chi connectivity index (χ0v) is 9.81. The second-order valence-corrected chi connectivity index (χ2v) is 3.19. The van der Waals surface area contributed by atoms with Crippen molar-refractivity contribution in [2.24, 2.45) is 0 Å². The van der Waals surface area contributed by atoms with E-state index in [4.69, 9.17) is 9.47 Å². The number of carbonyl (C=O) groups is 3. The molecule has 0 amide bonds. The Morgan fingerprint density at radius 2 is 1.53 bits per heavy atom. The molecule has 0 radical (unpaired) electrons. The van der Waals surface area contributed by atoms with E-state index in [9.17, 15) is 14.4 Å². The molecule has 0 rings (SSSR count). The van der Waals surface area contributed by atoms with Crippen molar-refractivity contribution < 1.29 is 23.9 Å². The first-order valence-electron chi connectivity index (χ1n) is 5.21. The summed E-state index contributed by atoms with van der Waals surface area (Å²) in [5.41, 5.74) is 0. The maximum atomic E-state index is 11.0. The molecule has 0 aromatic rings. The van der Waals surface area contributed by atoms with Crippen LogP contribution in [0.15, 0.2) is 24.8 Å². The molecular weight excluding hydrogens is 224 g/mol. The van der Waals surface area contributed by atoms with Crippen LogP contribution in [-0.2, 0) is 23.9 Å². The Hall–Kier alpha value is -1.91. The molecule has 0 unspecified atom stereocenters. The van der Waals surface area contributed by atoms with Gasteiger partial charge >= 0.3 is 11.9 Å². The van der Waals surface area contributed by atoms with E-state index in [1.165, 1.54) is 6.92 Å². The van der Waals surface area contributed by atoms with Crippen LogP contribution in [0.3, 0.4) is 0 Å². The molecular formula is C12H16O5. The minimum atomic E-state index is -0.553. The van der Waals surface area contributed by atoms with Crippen LogP contribution in [0.25, 0.3) is 0 Å². The molecule has 0 atom stereocenters. The topological polar surface area (TPSA) is 69.7 Å². The molecule has 0 saturated carbocycles. The van der Waals surface area contributed by atoms with Crippen LogP contribution in [-0.4, -0.2) is 30.9 Å². The summed E-state index contributed by atoms with van der Waals surface area (Å²) in [7, 11) is 0. The van der Waals surface area contributed by atoms with Crippen molar-refractivity contribution in [1.82, 2.24) is 0 Å². The van der Waals surface area contributed by atoms with Crippen molar-refractivity contribution >= 4 is 17.7 Å². The van der Waals surface area contributed by atoms with Gasteiger partial charge < -0.3 is 9.47 Å². The molecule has 0 saturated heterocycles. The SMILES string of the molecule is C=CC(=O)OCCCCOC(=O)C=CC(C)=O. The van der Waals surface area contributed by atoms with E-state index in [-0.39, 0.29) is 19.0 Å². The van der Waals surface area contributed by atoms with Crippen molar-refractivity contribution in [3.05, 3.63) is 24.8 Å². The number of hydrogen-bond donors (Lipinski definition) is 0. The van der Waals surface area contributed by atoms with Gasteiger partial charge in [0.15, 0.2) is 5.78 Å². The van der Waals surface area contributed by atoms with Crippen molar-refractivity contribution in [2.45, 2.75) is 19.8 Å². The number of esters is 2. The third-order valence-electron chi connectivity index (χ3n) is 1.65. The number of ether oxygens (including phenoxy) is 2. The first-order valence-corrected chi connectivity index (χ1v) is 5.21. The highest BCUT2D eigenvalue weighted by Crippen LogP contribution is 1.93. The molecule has 0 heterocycles. The molecule has 5 heteroatoms. The lowest BCUT2D eigenvalue weighted by molar-refractivity contribution is -0.140. The Morgan fingerprint density at radius 3 is 2.00 bits per heavy atom. The predicted molar refractivity (Wildman–Crippen MR) is 61.2 cm³/mol. The third kappa shape index (κ3) is 10.4. The van der Waals surface area contributed by atoms with Gasteiger partial charge in [0.2, 0.25) is 0 Å². The Labute approximate surface area is 100 Å². The fourth-order valence-electron chi connectivity index (χ4n) is 0.842. The first-order chi connectivity index (χ1) is 8.06. The van der Waals surface area contributed by atoms with E-state index in [2.05, 4.69) is 6.58 Å². The van der Waals surface area contributed by atoms with Crippen LogP contribution >= 0.6 is 0 Å². The quantitative estimate of drug-likeness (QED) is 0.362. The van der Waals surface area contributed by atoms with Gasteiger partial charge in [-0.2, -0.15) is 0 Å². The smallest absolute Gasteiger partial charge is 0.330 e. The lowest BCUT2D eigenvalue weighted by Crippen LogP contribution is -2.06. The summed E-state index contributed by atoms with van der Waals surface area (Å²) in [4.78, 5) is 32.1. The molecule has 0 fully saturated rings. The first kappa shape index (κ1) is 15.1. The third-order valence-corrected chi connectivity index (χ3v) is 1.65. The normalized spacial score (nSPS) is 9.94. The molecule has 0 aromatic heterocycles. The van der Waals surface area contributed by atoms with Gasteiger partial charge in [-0.1, -0.05) is 6.58 Å². The van der Waals surface area contributed by atoms with E-state index in [0.29, 0.717) is 12.8 Å². The van der Waals surface area contributed by atoms with Gasteiger partial charge in [-0.05, 0) is 25.8 Å². The predicted octanol–water partition coefficient (Wildman–Crippen LogP) is 1.18. The second kappa shape index (κ2) is 9.33. The van der Waals surface area contributed by atoms with Crippen LogP contribution in [0.1, 0.15) is 19.8 Å². The largest absolute Gasteiger partial charge is 0.463 e. The zero-order chi connectivity index (χ0) is 13.1. The number of hydrogen-bond acceptors (Lipinski definition) is 5. The minimum absolute atomic E-state index is 0.210. The summed E-state index contributed by atoms with van der Waals surface area (Å²) >= 11 is 0. The maximum absolute atomic E-state index is 11.0. The maximum Gasteiger partial charge on any atom is 0.330 e. The monoisotopic (exact) mass is 240 g/mol. The van der Waals surface area contributed by atoms with E-state index < -0.39 is 11.9 Å². The standard InChI is InChI=1S/C12H16O5/c1-3-11(14)16-8-4-5-9-17-12(15)7-6-10(2)13/h3,6-7H,1,4-5,8-9H2,2H3. The van der Waals surface area contributed by atoms with E-state index in [1.54, 1.807) is 0 Å². The van der Waals surface area contributed by atoms with Gasteiger partial charge in [0, 0.05) is 12.2 Å². The average Bonchev–Trinajstić information content (AvgIpc) is 2.30. The Kier molecular flexibility index (Phi) is 8.28. The molecule has 5 nitrogen and oxygen atoms in total. The zero-order valence-electron chi connectivity index (χ0n) is 9.81. The summed E-state index contributed by atoms with van der Waals surface area (Å²) < 4.78 is 9.51. The number of ketones is 1. The lowest BCUT2D eigenvalue weighted by Gasteiger charge is -2.02. The fourth-order valence-corrected chi connectivity index (χ4v) is 0.842. The number of rotatable bonds is 8. The molecule has 0 bridgehead atoms. The van der Waals surface area contributed by atoms with Crippen LogP contribution in [0, 0.1) is 0 Å². The van der Waals surface area contributed by atoms with Gasteiger partial charge in [0.05, 0.1) is 13.2 Å². The minimum Gasteiger partial charge on any atom is -0.463 e. The number of carbonyl (C=O) groups excluding carboxylic acids is 3. The van der Waals surface area contributed by atoms with Gasteiger partial charge in [-0.25, -0.2) is 9.59 Å². The molecule has 0 N–H and O–H groups in total. The van der Waals surface area contributed by atoms with Crippen LogP contribution < -0.4 is 0 Å². The van der Waals surface area contributed by atoms with E-state index in [0.717, 1.165) is 18.2 Å². The van der Waals surface area contributed by atoms with Gasteiger partial charge in [-0.3, -0.25) is 4.79 Å². The van der Waals surface area contributed by atoms with Gasteiger partial charge in [-0.15, -0.1) is 0 Å². The highest BCUT2D eigenvalue weighted by molar-refractivity contribution is 5.94. The Balaban J connectivity index is 3.45. The summed E-state index contributed by atoms with van der Waals surface area (Å²) in [5, 5.41) is 0. The van der Waals surface area contributed by atoms with Crippen LogP contribution in [0.5, 0.6) is 0 Å². The molecule has 0 spiro atoms. The summed E-state index contributed by atoms with van der Waals surface area (Å²) in [6.45, 7) is 5.10. The second-order valence-electron chi connectivity index (χ2n) is 3.19. The molecule has 17 heavy (non-hydrogen) atoms. The lowest BCUT2D eigenvalue weighted by atomic mass is 10.3. The van der Waals surface area contributed by atoms with Gasteiger partial charge in [0.1, 0.15) is 0 Å². The van der Waals surface area contributed by atoms with Crippen molar-refractivity contribution in [3.63, 3.8) is 0 Å². The van der Waals surface area contributed by atoms with Crippen LogP contribution in [0.2, 0.25) is 0 Å². The molecule has 0 aliphatic heterocycles. The summed E-state index contributed by atoms with van der Waals surface area (Å²) in [6, 6.07) is 0. The molecule has 0 aromatic carbocycles. The average molecular weight is 240 g/mol. The van der Waals surface area contributed by atoms with E-state index >= 15 is 0 Å². The number of unbranched alkanes of at least 4 members (excludes halogenated alkanes) is 1. The Bertz CT molecular complexity index is 317. The van der Waals surface area contributed by atoms with Crippen molar-refractivity contribution in [2.75, 3.05) is 13.2 Å². The van der Waals surface area contributed by atoms with E-state index in [1.807, 2.05) is 0 Å². The fraction of sp³-hybridized carbons (Fsp3) is 0.417. The highest BCUT2D eigenvalue weighted by atomic mass is 16.5. The molecule has 0 aliphatic rings. The highest BCUT2D eigenvalue weighted by Gasteiger charge is 1.98. The Morgan fingerprint density at radius 1 is 1.00 bits per heavy atom. The van der Waals surface area contributed by atoms with Crippen LogP contribution in [0.4, 0.5) is 0 Å². The van der Waals surface area contributed by atoms with Gasteiger partial charge in [0.25, 0.3) is 0 Å².